The summed E-state index contributed by atoms with van der Waals surface area (Å²) < 4.78 is 7.52. The van der Waals surface area contributed by atoms with E-state index in [1.807, 2.05) is 17.9 Å². The van der Waals surface area contributed by atoms with Crippen molar-refractivity contribution in [3.63, 3.8) is 0 Å². The molecule has 1 saturated heterocycles. The molecule has 0 aromatic carbocycles. The molecule has 0 radical (unpaired) electrons. The van der Waals surface area contributed by atoms with Crippen LogP contribution in [0.15, 0.2) is 23.8 Å². The smallest absolute Gasteiger partial charge is 0.230 e. The molecule has 4 heterocycles. The van der Waals surface area contributed by atoms with Gasteiger partial charge in [-0.2, -0.15) is 0 Å². The first-order chi connectivity index (χ1) is 12.7. The average Bonchev–Trinajstić information content (AvgIpc) is 3.32. The minimum atomic E-state index is -0.155. The summed E-state index contributed by atoms with van der Waals surface area (Å²) in [4.78, 5) is 21.3. The second-order valence-electron chi connectivity index (χ2n) is 7.13. The lowest BCUT2D eigenvalue weighted by Gasteiger charge is -2.39. The van der Waals surface area contributed by atoms with Crippen molar-refractivity contribution in [1.29, 1.82) is 0 Å². The van der Waals surface area contributed by atoms with Gasteiger partial charge in [0.2, 0.25) is 5.91 Å². The summed E-state index contributed by atoms with van der Waals surface area (Å²) in [7, 11) is 1.99. The number of aryl methyl sites for hydroxylation is 1. The normalized spacial score (nSPS) is 21.5. The van der Waals surface area contributed by atoms with Crippen molar-refractivity contribution < 1.29 is 9.53 Å². The number of hydrogen-bond acceptors (Lipinski definition) is 5. The van der Waals surface area contributed by atoms with Crippen molar-refractivity contribution in [1.82, 2.24) is 19.8 Å². The van der Waals surface area contributed by atoms with Crippen LogP contribution in [-0.2, 0) is 29.5 Å². The Bertz CT molecular complexity index is 737. The number of nitrogens with one attached hydrogen (secondary N) is 1. The summed E-state index contributed by atoms with van der Waals surface area (Å²) >= 11 is 1.74. The lowest BCUT2D eigenvalue weighted by molar-refractivity contribution is -0.123. The molecule has 7 heteroatoms. The molecule has 1 fully saturated rings. The van der Waals surface area contributed by atoms with Crippen molar-refractivity contribution in [2.45, 2.75) is 37.8 Å². The summed E-state index contributed by atoms with van der Waals surface area (Å²) in [5, 5.41) is 5.22. The van der Waals surface area contributed by atoms with E-state index in [2.05, 4.69) is 32.7 Å². The van der Waals surface area contributed by atoms with E-state index < -0.39 is 0 Å². The Kier molecular flexibility index (Phi) is 5.38. The molecule has 2 aromatic rings. The first-order valence-corrected chi connectivity index (χ1v) is 10.2. The molecule has 0 unspecified atom stereocenters. The number of hydrogen-bond donors (Lipinski definition) is 1. The van der Waals surface area contributed by atoms with Gasteiger partial charge in [0.05, 0.1) is 23.6 Å². The maximum atomic E-state index is 13.0. The van der Waals surface area contributed by atoms with Crippen LogP contribution < -0.4 is 5.32 Å². The third-order valence-corrected chi connectivity index (χ3v) is 6.37. The van der Waals surface area contributed by atoms with Gasteiger partial charge in [-0.05, 0) is 30.7 Å². The van der Waals surface area contributed by atoms with E-state index in [4.69, 9.17) is 4.74 Å². The van der Waals surface area contributed by atoms with Crippen LogP contribution in [0.25, 0.3) is 0 Å². The van der Waals surface area contributed by atoms with Crippen LogP contribution in [0.2, 0.25) is 0 Å². The highest BCUT2D eigenvalue weighted by atomic mass is 32.1. The van der Waals surface area contributed by atoms with Gasteiger partial charge in [-0.15, -0.1) is 11.3 Å². The highest BCUT2D eigenvalue weighted by Crippen LogP contribution is 2.30. The number of rotatable bonds is 5. The zero-order chi connectivity index (χ0) is 17.9. The van der Waals surface area contributed by atoms with Crippen LogP contribution in [-0.4, -0.2) is 52.7 Å². The number of carbonyl (C=O) groups excluding carboxylic acids is 1. The second kappa shape index (κ2) is 7.90. The fourth-order valence-corrected chi connectivity index (χ4v) is 4.77. The summed E-state index contributed by atoms with van der Waals surface area (Å²) in [6.07, 6.45) is 4.80. The first-order valence-electron chi connectivity index (χ1n) is 9.34. The topological polar surface area (TPSA) is 59.4 Å². The lowest BCUT2D eigenvalue weighted by Crippen LogP contribution is -2.47. The summed E-state index contributed by atoms with van der Waals surface area (Å²) in [5.41, 5.74) is 2.12. The fourth-order valence-electron chi connectivity index (χ4n) is 4.06. The Labute approximate surface area is 158 Å². The average molecular weight is 375 g/mol. The van der Waals surface area contributed by atoms with Crippen LogP contribution in [0.5, 0.6) is 0 Å². The number of amides is 1. The van der Waals surface area contributed by atoms with Gasteiger partial charge >= 0.3 is 0 Å². The van der Waals surface area contributed by atoms with Crippen molar-refractivity contribution in [2.75, 3.05) is 26.3 Å². The molecule has 1 amide bonds. The van der Waals surface area contributed by atoms with E-state index in [9.17, 15) is 4.79 Å². The molecule has 0 spiro atoms. The van der Waals surface area contributed by atoms with Crippen LogP contribution in [0, 0.1) is 0 Å². The van der Waals surface area contributed by atoms with E-state index in [0.717, 1.165) is 57.0 Å². The highest BCUT2D eigenvalue weighted by Gasteiger charge is 2.36. The maximum absolute atomic E-state index is 13.0. The number of ether oxygens (including phenoxy) is 1. The van der Waals surface area contributed by atoms with Gasteiger partial charge < -0.3 is 14.6 Å². The van der Waals surface area contributed by atoms with Gasteiger partial charge in [0.1, 0.15) is 0 Å². The maximum Gasteiger partial charge on any atom is 0.230 e. The Morgan fingerprint density at radius 2 is 2.27 bits per heavy atom. The Morgan fingerprint density at radius 1 is 1.42 bits per heavy atom. The number of thiophene rings is 1. The van der Waals surface area contributed by atoms with E-state index >= 15 is 0 Å². The number of carbonyl (C=O) groups is 1. The van der Waals surface area contributed by atoms with Gasteiger partial charge in [-0.25, -0.2) is 4.98 Å². The predicted octanol–water partition coefficient (Wildman–Crippen LogP) is 1.92. The number of aromatic nitrogens is 2. The summed E-state index contributed by atoms with van der Waals surface area (Å²) in [6.45, 7) is 3.91. The van der Waals surface area contributed by atoms with E-state index in [1.165, 1.54) is 4.88 Å². The molecule has 2 aliphatic heterocycles. The molecule has 4 rings (SSSR count). The van der Waals surface area contributed by atoms with Gasteiger partial charge in [0.15, 0.2) is 0 Å². The number of fused-ring (bicyclic) bond motifs is 1. The highest BCUT2D eigenvalue weighted by molar-refractivity contribution is 7.09. The minimum Gasteiger partial charge on any atom is -0.381 e. The molecular formula is C19H26N4O2S. The van der Waals surface area contributed by atoms with Crippen molar-refractivity contribution in [3.05, 3.63) is 40.1 Å². The Balaban J connectivity index is 1.45. The largest absolute Gasteiger partial charge is 0.381 e. The third kappa shape index (κ3) is 3.70. The third-order valence-electron chi connectivity index (χ3n) is 5.44. The monoisotopic (exact) mass is 374 g/mol. The summed E-state index contributed by atoms with van der Waals surface area (Å²) in [5.74, 6) is -0.0411. The lowest BCUT2D eigenvalue weighted by atomic mass is 9.94. The molecule has 0 bridgehead atoms. The van der Waals surface area contributed by atoms with E-state index in [0.29, 0.717) is 12.6 Å². The van der Waals surface area contributed by atoms with Gasteiger partial charge in [-0.1, -0.05) is 6.07 Å². The Morgan fingerprint density at radius 3 is 3.04 bits per heavy atom. The molecule has 1 atom stereocenters. The van der Waals surface area contributed by atoms with Crippen LogP contribution in [0.1, 0.15) is 35.0 Å². The Hall–Kier alpha value is -1.70. The van der Waals surface area contributed by atoms with Crippen LogP contribution in [0.4, 0.5) is 0 Å². The van der Waals surface area contributed by atoms with Gasteiger partial charge in [-0.3, -0.25) is 9.69 Å². The van der Waals surface area contributed by atoms with Gasteiger partial charge in [0.25, 0.3) is 0 Å². The van der Waals surface area contributed by atoms with Crippen molar-refractivity contribution >= 4 is 17.2 Å². The first kappa shape index (κ1) is 17.7. The molecule has 26 heavy (non-hydrogen) atoms. The number of imidazole rings is 1. The molecule has 140 valence electrons. The van der Waals surface area contributed by atoms with Gasteiger partial charge in [0, 0.05) is 50.8 Å². The summed E-state index contributed by atoms with van der Waals surface area (Å²) in [6, 6.07) is 4.65. The zero-order valence-electron chi connectivity index (χ0n) is 15.2. The van der Waals surface area contributed by atoms with Crippen molar-refractivity contribution in [2.24, 2.45) is 7.05 Å². The molecule has 1 N–H and O–H groups in total. The minimum absolute atomic E-state index is 0.114. The molecular weight excluding hydrogens is 348 g/mol. The van der Waals surface area contributed by atoms with Crippen LogP contribution in [0.3, 0.4) is 0 Å². The quantitative estimate of drug-likeness (QED) is 0.869. The van der Waals surface area contributed by atoms with Crippen molar-refractivity contribution in [3.8, 4) is 0 Å². The molecule has 2 aliphatic rings. The molecule has 0 aliphatic carbocycles. The zero-order valence-corrected chi connectivity index (χ0v) is 16.0. The molecule has 2 aromatic heterocycles. The van der Waals surface area contributed by atoms with E-state index in [1.54, 1.807) is 11.3 Å². The van der Waals surface area contributed by atoms with Crippen LogP contribution >= 0.6 is 11.3 Å². The molecule has 6 nitrogen and oxygen atoms in total. The number of nitrogens with zero attached hydrogens (tertiary/aromatic N) is 3. The van der Waals surface area contributed by atoms with E-state index in [-0.39, 0.29) is 11.8 Å². The standard InChI is InChI=1S/C19H26N4O2S/c1-22-13-21-17-12-23(14-5-8-25-9-6-14)11-16(18(17)22)19(24)20-7-4-15-3-2-10-26-15/h2-3,10,13-14,16H,4-9,11-12H2,1H3,(H,20,24)/t16-/m0/s1. The second-order valence-corrected chi connectivity index (χ2v) is 8.17. The fraction of sp³-hybridized carbons (Fsp3) is 0.579. The predicted molar refractivity (Wildman–Crippen MR) is 101 cm³/mol. The molecule has 0 saturated carbocycles. The SMILES string of the molecule is Cn1cnc2c1[C@@H](C(=O)NCCc1cccs1)CN(C1CCOCC1)C2.